The number of rotatable bonds is 7. The molecule has 4 rings (SSSR count). The fraction of sp³-hybridized carbons (Fsp3) is 0.481. The minimum Gasteiger partial charge on any atom is -0.384 e. The van der Waals surface area contributed by atoms with Crippen molar-refractivity contribution < 1.29 is 27.1 Å². The Bertz CT molecular complexity index is 1340. The van der Waals surface area contributed by atoms with Crippen LogP contribution in [0.15, 0.2) is 41.0 Å². The van der Waals surface area contributed by atoms with Crippen LogP contribution in [-0.2, 0) is 12.3 Å². The summed E-state index contributed by atoms with van der Waals surface area (Å²) in [7, 11) is 1.18. The number of aliphatic hydroxyl groups is 1. The summed E-state index contributed by atoms with van der Waals surface area (Å²) in [5.41, 5.74) is -1.44. The molecule has 2 unspecified atom stereocenters. The Morgan fingerprint density at radius 1 is 1.23 bits per heavy atom. The lowest BCUT2D eigenvalue weighted by Gasteiger charge is -2.44. The number of nitrogens with one attached hydrogen (secondary N) is 1. The van der Waals surface area contributed by atoms with Crippen molar-refractivity contribution in [2.45, 2.75) is 59.1 Å². The molecule has 0 saturated carbocycles. The van der Waals surface area contributed by atoms with Crippen LogP contribution < -0.4 is 10.2 Å². The zero-order valence-corrected chi connectivity index (χ0v) is 22.7. The van der Waals surface area contributed by atoms with Gasteiger partial charge in [-0.15, -0.1) is 0 Å². The van der Waals surface area contributed by atoms with E-state index in [9.17, 15) is 27.1 Å². The fourth-order valence-corrected chi connectivity index (χ4v) is 4.97. The first-order chi connectivity index (χ1) is 18.2. The van der Waals surface area contributed by atoms with Crippen molar-refractivity contribution >= 4 is 17.4 Å². The van der Waals surface area contributed by atoms with Crippen LogP contribution >= 0.6 is 0 Å². The molecule has 1 aromatic carbocycles. The van der Waals surface area contributed by atoms with E-state index in [1.807, 2.05) is 25.7 Å². The molecule has 0 saturated heterocycles. The summed E-state index contributed by atoms with van der Waals surface area (Å²) in [5.74, 6) is -0.463. The van der Waals surface area contributed by atoms with Crippen molar-refractivity contribution in [3.63, 3.8) is 0 Å². The summed E-state index contributed by atoms with van der Waals surface area (Å²) in [6.07, 6.45) is -2.38. The highest BCUT2D eigenvalue weighted by molar-refractivity contribution is 6.00. The van der Waals surface area contributed by atoms with E-state index in [4.69, 9.17) is 9.98 Å². The number of benzene rings is 1. The highest BCUT2D eigenvalue weighted by atomic mass is 19.4. The molecule has 0 amide bonds. The number of allylic oxidation sites excluding steroid dienone is 4. The quantitative estimate of drug-likeness (QED) is 0.375. The van der Waals surface area contributed by atoms with Gasteiger partial charge in [-0.25, -0.2) is 18.8 Å². The van der Waals surface area contributed by atoms with Crippen molar-refractivity contribution in [1.29, 1.82) is 0 Å². The van der Waals surface area contributed by atoms with Crippen LogP contribution in [0.1, 0.15) is 51.7 Å². The lowest BCUT2D eigenvalue weighted by molar-refractivity contribution is -0.0959. The normalized spacial score (nSPS) is 21.9. The molecule has 7 nitrogen and oxygen atoms in total. The maximum Gasteiger partial charge on any atom is 0.430 e. The molecule has 2 aliphatic heterocycles. The summed E-state index contributed by atoms with van der Waals surface area (Å²) < 4.78 is 69.5. The highest BCUT2D eigenvalue weighted by Gasteiger charge is 2.50. The van der Waals surface area contributed by atoms with Crippen LogP contribution in [0.2, 0.25) is 0 Å². The zero-order chi connectivity index (χ0) is 28.9. The van der Waals surface area contributed by atoms with Crippen LogP contribution in [0.4, 0.5) is 27.8 Å². The minimum atomic E-state index is -4.58. The van der Waals surface area contributed by atoms with Gasteiger partial charge in [0.15, 0.2) is 17.4 Å². The Kier molecular flexibility index (Phi) is 7.54. The predicted octanol–water partition coefficient (Wildman–Crippen LogP) is 4.98. The first-order valence-electron chi connectivity index (χ1n) is 12.7. The number of aliphatic imine (C=N–C) groups is 1. The maximum absolute atomic E-state index is 14.1. The average Bonchev–Trinajstić information content (AvgIpc) is 3.44. The number of halogens is 5. The van der Waals surface area contributed by atoms with E-state index in [0.29, 0.717) is 41.7 Å². The number of anilines is 1. The molecule has 212 valence electrons. The third-order valence-electron chi connectivity index (χ3n) is 7.14. The molecule has 2 aromatic rings. The Morgan fingerprint density at radius 2 is 1.92 bits per heavy atom. The molecule has 2 aliphatic rings. The first-order valence-corrected chi connectivity index (χ1v) is 12.7. The van der Waals surface area contributed by atoms with Gasteiger partial charge < -0.3 is 19.9 Å². The largest absolute Gasteiger partial charge is 0.430 e. The number of fused-ring (bicyclic) bond motifs is 3. The van der Waals surface area contributed by atoms with Crippen LogP contribution in [0.25, 0.3) is 5.57 Å². The second kappa shape index (κ2) is 10.3. The molecule has 2 atom stereocenters. The zero-order valence-electron chi connectivity index (χ0n) is 22.7. The van der Waals surface area contributed by atoms with Crippen LogP contribution in [0.3, 0.4) is 0 Å². The van der Waals surface area contributed by atoms with Gasteiger partial charge in [-0.05, 0) is 56.0 Å². The molecule has 2 N–H and O–H groups in total. The molecule has 0 spiro atoms. The highest BCUT2D eigenvalue weighted by Crippen LogP contribution is 2.43. The SMILES string of the molecule is CCN1C2=NC(C(C)C)CN2c2c(nc(/C(C)=C/C=C(\NC)C(F)(F)F)n2Cc2ccc(F)c(F)c2)C1(C)O. The Morgan fingerprint density at radius 3 is 2.49 bits per heavy atom. The van der Waals surface area contributed by atoms with Gasteiger partial charge in [0.05, 0.1) is 19.1 Å². The third kappa shape index (κ3) is 5.13. The van der Waals surface area contributed by atoms with Crippen molar-refractivity contribution in [3.8, 4) is 0 Å². The van der Waals surface area contributed by atoms with E-state index >= 15 is 0 Å². The molecule has 1 aromatic heterocycles. The molecule has 3 heterocycles. The van der Waals surface area contributed by atoms with E-state index in [0.717, 1.165) is 18.2 Å². The van der Waals surface area contributed by atoms with Crippen molar-refractivity contribution in [2.75, 3.05) is 25.0 Å². The van der Waals surface area contributed by atoms with Crippen molar-refractivity contribution in [3.05, 3.63) is 64.8 Å². The lowest BCUT2D eigenvalue weighted by Crippen LogP contribution is -2.57. The second-order valence-corrected chi connectivity index (χ2v) is 10.2. The average molecular weight is 553 g/mol. The van der Waals surface area contributed by atoms with Crippen molar-refractivity contribution in [1.82, 2.24) is 19.8 Å². The first kappa shape index (κ1) is 28.6. The Balaban J connectivity index is 1.95. The number of guanidine groups is 1. The maximum atomic E-state index is 14.1. The molecule has 0 bridgehead atoms. The number of aromatic nitrogens is 2. The molecule has 0 radical (unpaired) electrons. The predicted molar refractivity (Wildman–Crippen MR) is 140 cm³/mol. The molecule has 39 heavy (non-hydrogen) atoms. The van der Waals surface area contributed by atoms with Crippen molar-refractivity contribution in [2.24, 2.45) is 10.9 Å². The van der Waals surface area contributed by atoms with E-state index in [2.05, 4.69) is 5.32 Å². The van der Waals surface area contributed by atoms with Crippen LogP contribution in [-0.4, -0.2) is 57.9 Å². The number of hydrogen-bond acceptors (Lipinski definition) is 6. The molecular formula is C27H33F5N6O. The smallest absolute Gasteiger partial charge is 0.384 e. The second-order valence-electron chi connectivity index (χ2n) is 10.2. The van der Waals surface area contributed by atoms with Gasteiger partial charge in [0, 0.05) is 13.6 Å². The Labute approximate surface area is 224 Å². The standard InChI is InChI=1S/C27H33F5N6O/c1-7-38-25-34-20(15(2)3)14-37(25)24-22(26(38,5)39)35-23(16(4)8-11-21(33-6)27(30,31)32)36(24)13-17-9-10-18(28)19(29)12-17/h8-12,15,20,33,39H,7,13-14H2,1-6H3/b16-8+,21-11-. The van der Waals surface area contributed by atoms with E-state index in [1.54, 1.807) is 23.3 Å². The molecule has 12 heteroatoms. The number of imidazole rings is 1. The van der Waals surface area contributed by atoms with Gasteiger partial charge in [-0.2, -0.15) is 13.2 Å². The monoisotopic (exact) mass is 552 g/mol. The van der Waals surface area contributed by atoms with Gasteiger partial charge in [-0.1, -0.05) is 26.0 Å². The molecular weight excluding hydrogens is 519 g/mol. The molecule has 0 fully saturated rings. The van der Waals surface area contributed by atoms with E-state index < -0.39 is 29.2 Å². The number of nitrogens with zero attached hydrogens (tertiary/aromatic N) is 5. The summed E-state index contributed by atoms with van der Waals surface area (Å²) in [6.45, 7) is 10.1. The van der Waals surface area contributed by atoms with E-state index in [-0.39, 0.29) is 24.3 Å². The summed E-state index contributed by atoms with van der Waals surface area (Å²) in [4.78, 5) is 13.3. The lowest BCUT2D eigenvalue weighted by atomic mass is 10.0. The fourth-order valence-electron chi connectivity index (χ4n) is 4.97. The van der Waals surface area contributed by atoms with Gasteiger partial charge >= 0.3 is 6.18 Å². The van der Waals surface area contributed by atoms with Gasteiger partial charge in [0.2, 0.25) is 5.96 Å². The van der Waals surface area contributed by atoms with Gasteiger partial charge in [0.25, 0.3) is 0 Å². The van der Waals surface area contributed by atoms with Crippen LogP contribution in [0, 0.1) is 17.6 Å². The minimum absolute atomic E-state index is 0.0280. The van der Waals surface area contributed by atoms with Crippen LogP contribution in [0.5, 0.6) is 0 Å². The summed E-state index contributed by atoms with van der Waals surface area (Å²) >= 11 is 0. The van der Waals surface area contributed by atoms with Gasteiger partial charge in [-0.3, -0.25) is 4.90 Å². The summed E-state index contributed by atoms with van der Waals surface area (Å²) in [6, 6.07) is 3.46. The number of alkyl halides is 3. The summed E-state index contributed by atoms with van der Waals surface area (Å²) in [5, 5.41) is 13.9. The van der Waals surface area contributed by atoms with Gasteiger partial charge in [0.1, 0.15) is 23.0 Å². The number of hydrogen-bond donors (Lipinski definition) is 2. The Hall–Kier alpha value is -3.41. The molecule has 0 aliphatic carbocycles. The topological polar surface area (TPSA) is 68.9 Å². The third-order valence-corrected chi connectivity index (χ3v) is 7.14. The van der Waals surface area contributed by atoms with E-state index in [1.165, 1.54) is 19.2 Å².